The summed E-state index contributed by atoms with van der Waals surface area (Å²) in [6.07, 6.45) is 13.2. The number of halogens is 1. The predicted octanol–water partition coefficient (Wildman–Crippen LogP) is 8.84. The molecule has 0 atom stereocenters. The topological polar surface area (TPSA) is 61.8 Å². The smallest absolute Gasteiger partial charge is 0.338 e. The summed E-state index contributed by atoms with van der Waals surface area (Å²) in [7, 11) is 0. The molecule has 3 rings (SSSR count). The normalized spacial score (nSPS) is 10.9. The van der Waals surface area contributed by atoms with Crippen molar-refractivity contribution in [1.82, 2.24) is 0 Å². The molecule has 39 heavy (non-hydrogen) atoms. The van der Waals surface area contributed by atoms with Crippen molar-refractivity contribution in [3.63, 3.8) is 0 Å². The Morgan fingerprint density at radius 3 is 2.03 bits per heavy atom. The number of carbonyl (C=O) groups is 2. The number of rotatable bonds is 16. The number of benzene rings is 3. The lowest BCUT2D eigenvalue weighted by Gasteiger charge is -2.07. The SMILES string of the molecule is CCCCCCCCCCOc1ccc(/C=C/C(=O)Oc2ccc(C(=O)OCc3ccc(Cl)cc3)cc2)cc1. The zero-order chi connectivity index (χ0) is 27.7. The largest absolute Gasteiger partial charge is 0.494 e. The van der Waals surface area contributed by atoms with Gasteiger partial charge in [-0.3, -0.25) is 0 Å². The summed E-state index contributed by atoms with van der Waals surface area (Å²) in [4.78, 5) is 24.5. The molecule has 0 saturated heterocycles. The van der Waals surface area contributed by atoms with Crippen LogP contribution in [0.4, 0.5) is 0 Å². The quantitative estimate of drug-likeness (QED) is 0.0774. The maximum absolute atomic E-state index is 12.3. The van der Waals surface area contributed by atoms with E-state index in [-0.39, 0.29) is 6.61 Å². The average molecular weight is 549 g/mol. The van der Waals surface area contributed by atoms with Gasteiger partial charge in [0.15, 0.2) is 0 Å². The Balaban J connectivity index is 1.34. The van der Waals surface area contributed by atoms with E-state index in [1.165, 1.54) is 51.0 Å². The molecule has 5 nitrogen and oxygen atoms in total. The van der Waals surface area contributed by atoms with Crippen LogP contribution in [0.1, 0.15) is 79.8 Å². The average Bonchev–Trinajstić information content (AvgIpc) is 2.96. The third-order valence-electron chi connectivity index (χ3n) is 6.15. The standard InChI is InChI=1S/C33H37ClO5/c1-2-3-4-5-6-7-8-9-24-37-30-19-12-26(13-20-30)14-23-32(35)39-31-21-15-28(16-22-31)33(36)38-25-27-10-17-29(34)18-11-27/h10-23H,2-9,24-25H2,1H3/b23-14+. The van der Waals surface area contributed by atoms with Gasteiger partial charge in [-0.15, -0.1) is 0 Å². The molecule has 0 amide bonds. The summed E-state index contributed by atoms with van der Waals surface area (Å²) in [6, 6.07) is 20.9. The van der Waals surface area contributed by atoms with Crippen molar-refractivity contribution in [3.05, 3.63) is 101 Å². The summed E-state index contributed by atoms with van der Waals surface area (Å²) >= 11 is 5.86. The van der Waals surface area contributed by atoms with Crippen LogP contribution in [0, 0.1) is 0 Å². The summed E-state index contributed by atoms with van der Waals surface area (Å²) in [6.45, 7) is 3.10. The number of carbonyl (C=O) groups excluding carboxylic acids is 2. The Hall–Kier alpha value is -3.57. The molecule has 0 N–H and O–H groups in total. The molecule has 0 saturated carbocycles. The zero-order valence-electron chi connectivity index (χ0n) is 22.6. The number of unbranched alkanes of at least 4 members (excludes halogenated alkanes) is 7. The lowest BCUT2D eigenvalue weighted by molar-refractivity contribution is -0.128. The van der Waals surface area contributed by atoms with E-state index in [1.54, 1.807) is 54.6 Å². The van der Waals surface area contributed by atoms with E-state index in [9.17, 15) is 9.59 Å². The lowest BCUT2D eigenvalue weighted by atomic mass is 10.1. The number of esters is 2. The van der Waals surface area contributed by atoms with Gasteiger partial charge in [0.2, 0.25) is 0 Å². The maximum Gasteiger partial charge on any atom is 0.338 e. The van der Waals surface area contributed by atoms with Crippen LogP contribution in [0.2, 0.25) is 5.02 Å². The Labute approximate surface area is 236 Å². The number of hydrogen-bond acceptors (Lipinski definition) is 5. The van der Waals surface area contributed by atoms with Crippen molar-refractivity contribution in [2.45, 2.75) is 64.9 Å². The minimum atomic E-state index is -0.511. The molecule has 3 aromatic rings. The van der Waals surface area contributed by atoms with Crippen molar-refractivity contribution in [2.75, 3.05) is 6.61 Å². The summed E-state index contributed by atoms with van der Waals surface area (Å²) < 4.78 is 16.5. The van der Waals surface area contributed by atoms with Crippen molar-refractivity contribution in [2.24, 2.45) is 0 Å². The molecule has 0 aliphatic rings. The van der Waals surface area contributed by atoms with Crippen LogP contribution in [0.5, 0.6) is 11.5 Å². The second-order valence-corrected chi connectivity index (χ2v) is 9.81. The minimum absolute atomic E-state index is 0.143. The van der Waals surface area contributed by atoms with E-state index in [4.69, 9.17) is 25.8 Å². The third kappa shape index (κ3) is 11.8. The molecule has 0 fully saturated rings. The van der Waals surface area contributed by atoms with Crippen LogP contribution >= 0.6 is 11.6 Å². The summed E-state index contributed by atoms with van der Waals surface area (Å²) in [5.74, 6) is 0.184. The van der Waals surface area contributed by atoms with E-state index in [0.717, 1.165) is 29.9 Å². The minimum Gasteiger partial charge on any atom is -0.494 e. The van der Waals surface area contributed by atoms with E-state index >= 15 is 0 Å². The van der Waals surface area contributed by atoms with E-state index in [1.807, 2.05) is 24.3 Å². The Morgan fingerprint density at radius 1 is 0.744 bits per heavy atom. The van der Waals surface area contributed by atoms with Gasteiger partial charge in [0.05, 0.1) is 12.2 Å². The van der Waals surface area contributed by atoms with Crippen molar-refractivity contribution >= 4 is 29.6 Å². The number of ether oxygens (including phenoxy) is 3. The van der Waals surface area contributed by atoms with E-state index < -0.39 is 11.9 Å². The third-order valence-corrected chi connectivity index (χ3v) is 6.40. The molecular formula is C33H37ClO5. The first-order chi connectivity index (χ1) is 19.0. The fourth-order valence-corrected chi connectivity index (χ4v) is 4.01. The first-order valence-corrected chi connectivity index (χ1v) is 14.1. The van der Waals surface area contributed by atoms with E-state index in [0.29, 0.717) is 16.3 Å². The molecule has 0 heterocycles. The summed E-state index contributed by atoms with van der Waals surface area (Å²) in [5, 5.41) is 0.622. The van der Waals surface area contributed by atoms with Gasteiger partial charge in [0, 0.05) is 11.1 Å². The van der Waals surface area contributed by atoms with Crippen LogP contribution in [0.3, 0.4) is 0 Å². The van der Waals surface area contributed by atoms with Gasteiger partial charge in [0.1, 0.15) is 18.1 Å². The first kappa shape index (κ1) is 30.0. The lowest BCUT2D eigenvalue weighted by Crippen LogP contribution is -2.06. The molecule has 0 unspecified atom stereocenters. The van der Waals surface area contributed by atoms with Crippen LogP contribution in [-0.2, 0) is 16.1 Å². The highest BCUT2D eigenvalue weighted by Crippen LogP contribution is 2.17. The molecule has 0 aliphatic heterocycles. The number of hydrogen-bond donors (Lipinski definition) is 0. The van der Waals surface area contributed by atoms with Gasteiger partial charge in [-0.1, -0.05) is 87.7 Å². The molecule has 0 bridgehead atoms. The fourth-order valence-electron chi connectivity index (χ4n) is 3.89. The van der Waals surface area contributed by atoms with Crippen LogP contribution in [0.25, 0.3) is 6.08 Å². The molecule has 3 aromatic carbocycles. The Morgan fingerprint density at radius 2 is 1.36 bits per heavy atom. The molecule has 206 valence electrons. The van der Waals surface area contributed by atoms with Crippen molar-refractivity contribution in [1.29, 1.82) is 0 Å². The highest BCUT2D eigenvalue weighted by atomic mass is 35.5. The highest BCUT2D eigenvalue weighted by molar-refractivity contribution is 6.30. The van der Waals surface area contributed by atoms with Gasteiger partial charge in [-0.2, -0.15) is 0 Å². The predicted molar refractivity (Wildman–Crippen MR) is 156 cm³/mol. The second-order valence-electron chi connectivity index (χ2n) is 9.37. The molecule has 0 radical (unpaired) electrons. The fraction of sp³-hybridized carbons (Fsp3) is 0.333. The molecule has 0 spiro atoms. The van der Waals surface area contributed by atoms with Crippen LogP contribution < -0.4 is 9.47 Å². The van der Waals surface area contributed by atoms with Gasteiger partial charge in [-0.25, -0.2) is 9.59 Å². The molecule has 6 heteroatoms. The Bertz CT molecular complexity index is 1170. The van der Waals surface area contributed by atoms with Gasteiger partial charge in [-0.05, 0) is 72.2 Å². The summed E-state index contributed by atoms with van der Waals surface area (Å²) in [5.41, 5.74) is 2.07. The second kappa shape index (κ2) is 17.1. The van der Waals surface area contributed by atoms with Crippen molar-refractivity contribution < 1.29 is 23.8 Å². The van der Waals surface area contributed by atoms with E-state index in [2.05, 4.69) is 6.92 Å². The molecule has 0 aliphatic carbocycles. The first-order valence-electron chi connectivity index (χ1n) is 13.7. The van der Waals surface area contributed by atoms with Crippen LogP contribution in [-0.4, -0.2) is 18.5 Å². The molecular weight excluding hydrogens is 512 g/mol. The van der Waals surface area contributed by atoms with Crippen LogP contribution in [0.15, 0.2) is 78.9 Å². The zero-order valence-corrected chi connectivity index (χ0v) is 23.3. The highest BCUT2D eigenvalue weighted by Gasteiger charge is 2.09. The maximum atomic E-state index is 12.3. The monoisotopic (exact) mass is 548 g/mol. The van der Waals surface area contributed by atoms with Gasteiger partial charge < -0.3 is 14.2 Å². The van der Waals surface area contributed by atoms with Gasteiger partial charge in [0.25, 0.3) is 0 Å². The van der Waals surface area contributed by atoms with Gasteiger partial charge >= 0.3 is 11.9 Å². The van der Waals surface area contributed by atoms with Crippen molar-refractivity contribution in [3.8, 4) is 11.5 Å². The molecule has 0 aromatic heterocycles. The Kier molecular flexibility index (Phi) is 13.1.